The number of nitrogen functional groups attached to an aromatic ring is 1. The van der Waals surface area contributed by atoms with Crippen LogP contribution >= 0.6 is 0 Å². The molecule has 7 nitrogen and oxygen atoms in total. The fourth-order valence-corrected chi connectivity index (χ4v) is 4.58. The Morgan fingerprint density at radius 1 is 1.07 bits per heavy atom. The molecule has 0 aliphatic carbocycles. The summed E-state index contributed by atoms with van der Waals surface area (Å²) in [6, 6.07) is 9.68. The summed E-state index contributed by atoms with van der Waals surface area (Å²) in [5.74, 6) is 1.19. The van der Waals surface area contributed by atoms with E-state index in [1.54, 1.807) is 12.1 Å². The first-order valence-electron chi connectivity index (χ1n) is 9.57. The predicted octanol–water partition coefficient (Wildman–Crippen LogP) is 2.21. The van der Waals surface area contributed by atoms with Crippen molar-refractivity contribution in [2.75, 3.05) is 23.7 Å². The Morgan fingerprint density at radius 2 is 1.96 bits per heavy atom. The minimum Gasteiger partial charge on any atom is -0.384 e. The Bertz CT molecular complexity index is 1110. The molecule has 0 radical (unpaired) electrons. The predicted molar refractivity (Wildman–Crippen MR) is 108 cm³/mol. The van der Waals surface area contributed by atoms with Crippen LogP contribution in [0, 0.1) is 12.8 Å². The summed E-state index contributed by atoms with van der Waals surface area (Å²) in [6.45, 7) is 4.64. The van der Waals surface area contributed by atoms with Crippen LogP contribution in [-0.4, -0.2) is 32.6 Å². The molecule has 3 aromatic heterocycles. The van der Waals surface area contributed by atoms with E-state index in [1.165, 1.54) is 12.0 Å². The van der Waals surface area contributed by atoms with Gasteiger partial charge in [0.15, 0.2) is 0 Å². The van der Waals surface area contributed by atoms with Crippen molar-refractivity contribution in [2.45, 2.75) is 25.8 Å². The lowest BCUT2D eigenvalue weighted by Gasteiger charge is -2.44. The van der Waals surface area contributed by atoms with Gasteiger partial charge in [-0.25, -0.2) is 9.97 Å². The van der Waals surface area contributed by atoms with Crippen LogP contribution in [0.3, 0.4) is 0 Å². The van der Waals surface area contributed by atoms with Gasteiger partial charge in [0.25, 0.3) is 5.56 Å². The number of fused-ring (bicyclic) bond motifs is 4. The largest absolute Gasteiger partial charge is 0.384 e. The first-order valence-corrected chi connectivity index (χ1v) is 9.57. The topological polar surface area (TPSA) is 89.9 Å². The molecule has 28 heavy (non-hydrogen) atoms. The van der Waals surface area contributed by atoms with E-state index in [1.807, 2.05) is 17.7 Å². The normalized spacial score (nSPS) is 20.7. The molecule has 7 heteroatoms. The third-order valence-electron chi connectivity index (χ3n) is 5.79. The average Bonchev–Trinajstić information content (AvgIpc) is 2.68. The number of nitrogens with zero attached hydrogens (tertiary/aromatic N) is 5. The molecular formula is C21H22N6O. The van der Waals surface area contributed by atoms with Crippen LogP contribution < -0.4 is 16.2 Å². The molecule has 3 aromatic rings. The highest BCUT2D eigenvalue weighted by Crippen LogP contribution is 2.38. The molecule has 1 saturated heterocycles. The summed E-state index contributed by atoms with van der Waals surface area (Å²) in [6.07, 6.45) is 4.41. The molecule has 2 N–H and O–H groups in total. The zero-order valence-electron chi connectivity index (χ0n) is 15.7. The van der Waals surface area contributed by atoms with E-state index in [9.17, 15) is 4.79 Å². The number of hydrogen-bond donors (Lipinski definition) is 1. The van der Waals surface area contributed by atoms with Gasteiger partial charge >= 0.3 is 0 Å². The maximum absolute atomic E-state index is 12.8. The van der Waals surface area contributed by atoms with Gasteiger partial charge in [0.05, 0.1) is 5.69 Å². The number of piperidine rings is 1. The van der Waals surface area contributed by atoms with Crippen LogP contribution in [0.5, 0.6) is 0 Å². The Balaban J connectivity index is 1.54. The van der Waals surface area contributed by atoms with Gasteiger partial charge < -0.3 is 15.2 Å². The highest BCUT2D eigenvalue weighted by atomic mass is 16.1. The molecule has 5 heterocycles. The summed E-state index contributed by atoms with van der Waals surface area (Å²) in [5, 5.41) is 0. The van der Waals surface area contributed by atoms with Crippen LogP contribution in [0.2, 0.25) is 0 Å². The van der Waals surface area contributed by atoms with Crippen LogP contribution in [0.15, 0.2) is 47.7 Å². The molecule has 0 saturated carbocycles. The van der Waals surface area contributed by atoms with E-state index in [4.69, 9.17) is 5.73 Å². The van der Waals surface area contributed by atoms with Crippen molar-refractivity contribution in [3.8, 4) is 11.3 Å². The molecule has 2 aliphatic rings. The van der Waals surface area contributed by atoms with Gasteiger partial charge in [-0.05, 0) is 37.5 Å². The lowest BCUT2D eigenvalue weighted by molar-refractivity contribution is 0.281. The van der Waals surface area contributed by atoms with Gasteiger partial charge in [-0.1, -0.05) is 0 Å². The minimum absolute atomic E-state index is 0.0348. The number of anilines is 2. The lowest BCUT2D eigenvalue weighted by Crippen LogP contribution is -2.47. The van der Waals surface area contributed by atoms with E-state index >= 15 is 0 Å². The first kappa shape index (κ1) is 16.9. The van der Waals surface area contributed by atoms with E-state index < -0.39 is 0 Å². The molecular weight excluding hydrogens is 352 g/mol. The molecule has 1 fully saturated rings. The van der Waals surface area contributed by atoms with E-state index in [0.29, 0.717) is 23.3 Å². The van der Waals surface area contributed by atoms with Crippen LogP contribution in [0.4, 0.5) is 11.5 Å². The Hall–Kier alpha value is -3.22. The summed E-state index contributed by atoms with van der Waals surface area (Å²) < 4.78 is 1.95. The van der Waals surface area contributed by atoms with Crippen LogP contribution in [0.1, 0.15) is 23.7 Å². The van der Waals surface area contributed by atoms with Gasteiger partial charge in [0.2, 0.25) is 0 Å². The fraction of sp³-hybridized carbons (Fsp3) is 0.333. The summed E-state index contributed by atoms with van der Waals surface area (Å²) in [4.78, 5) is 27.8. The van der Waals surface area contributed by atoms with E-state index in [0.717, 1.165) is 43.0 Å². The van der Waals surface area contributed by atoms with Crippen molar-refractivity contribution < 1.29 is 0 Å². The lowest BCUT2D eigenvalue weighted by atomic mass is 9.82. The molecule has 142 valence electrons. The molecule has 0 unspecified atom stereocenters. The highest BCUT2D eigenvalue weighted by molar-refractivity contribution is 5.62. The van der Waals surface area contributed by atoms with Crippen molar-refractivity contribution in [2.24, 2.45) is 5.92 Å². The third kappa shape index (κ3) is 2.93. The molecule has 2 bridgehead atoms. The smallest absolute Gasteiger partial charge is 0.251 e. The highest BCUT2D eigenvalue weighted by Gasteiger charge is 2.35. The second-order valence-electron chi connectivity index (χ2n) is 7.80. The summed E-state index contributed by atoms with van der Waals surface area (Å²) in [7, 11) is 0. The second kappa shape index (κ2) is 6.44. The minimum atomic E-state index is 0.0348. The summed E-state index contributed by atoms with van der Waals surface area (Å²) in [5.41, 5.74) is 10.6. The maximum atomic E-state index is 12.8. The zero-order valence-corrected chi connectivity index (χ0v) is 15.7. The molecule has 0 spiro atoms. The Kier molecular flexibility index (Phi) is 3.89. The van der Waals surface area contributed by atoms with E-state index in [2.05, 4.69) is 38.1 Å². The molecule has 0 amide bonds. The third-order valence-corrected chi connectivity index (χ3v) is 5.79. The van der Waals surface area contributed by atoms with E-state index in [-0.39, 0.29) is 5.56 Å². The fourth-order valence-electron chi connectivity index (χ4n) is 4.58. The van der Waals surface area contributed by atoms with Crippen molar-refractivity contribution in [3.05, 3.63) is 64.6 Å². The second-order valence-corrected chi connectivity index (χ2v) is 7.80. The van der Waals surface area contributed by atoms with Crippen molar-refractivity contribution >= 4 is 11.5 Å². The number of aryl methyl sites for hydroxylation is 1. The molecule has 2 atom stereocenters. The van der Waals surface area contributed by atoms with Gasteiger partial charge in [-0.2, -0.15) is 0 Å². The SMILES string of the molecule is Cc1cc(N2C[C@@H]3C[C@H](C2)c2cc(-c4cc(N)ncn4)cc(=O)n2C3)ccn1. The molecule has 0 aromatic carbocycles. The zero-order chi connectivity index (χ0) is 19.3. The number of rotatable bonds is 2. The Labute approximate surface area is 162 Å². The van der Waals surface area contributed by atoms with Crippen molar-refractivity contribution in [3.63, 3.8) is 0 Å². The number of nitrogens with two attached hydrogens (primary N) is 1. The number of pyridine rings is 2. The number of aromatic nitrogens is 4. The van der Waals surface area contributed by atoms with Gasteiger partial charge in [0.1, 0.15) is 12.1 Å². The van der Waals surface area contributed by atoms with Gasteiger partial charge in [-0.15, -0.1) is 0 Å². The maximum Gasteiger partial charge on any atom is 0.251 e. The van der Waals surface area contributed by atoms with Gasteiger partial charge in [0, 0.05) is 66.5 Å². The van der Waals surface area contributed by atoms with Crippen molar-refractivity contribution in [1.29, 1.82) is 0 Å². The number of hydrogen-bond acceptors (Lipinski definition) is 6. The summed E-state index contributed by atoms with van der Waals surface area (Å²) >= 11 is 0. The standard InChI is InChI=1S/C21H22N6O/c1-13-4-17(2-3-23-13)26-9-14-5-16(11-26)19-6-15(7-21(28)27(19)10-14)18-8-20(22)25-12-24-18/h2-4,6-8,12,14,16H,5,9-11H2,1H3,(H2,22,24,25)/t14-,16+/m0/s1. The van der Waals surface area contributed by atoms with Crippen molar-refractivity contribution in [1.82, 2.24) is 19.5 Å². The Morgan fingerprint density at radius 3 is 2.79 bits per heavy atom. The van der Waals surface area contributed by atoms with Crippen LogP contribution in [0.25, 0.3) is 11.3 Å². The molecule has 5 rings (SSSR count). The monoisotopic (exact) mass is 374 g/mol. The van der Waals surface area contributed by atoms with Gasteiger partial charge in [-0.3, -0.25) is 9.78 Å². The van der Waals surface area contributed by atoms with Crippen LogP contribution in [-0.2, 0) is 6.54 Å². The first-order chi connectivity index (χ1) is 13.6. The quantitative estimate of drug-likeness (QED) is 0.740. The average molecular weight is 374 g/mol. The molecule has 2 aliphatic heterocycles.